The van der Waals surface area contributed by atoms with E-state index in [-0.39, 0.29) is 24.6 Å². The SMILES string of the molecule is CCc1ccc2c(COC(=O)CCc3nc4ccccc4c(=O)n3C3CC3)cc(=O)oc2c1. The second-order valence-electron chi connectivity index (χ2n) is 8.39. The zero-order valence-electron chi connectivity index (χ0n) is 18.4. The quantitative estimate of drug-likeness (QED) is 0.315. The third-order valence-electron chi connectivity index (χ3n) is 6.04. The Kier molecular flexibility index (Phi) is 5.54. The number of hydrogen-bond acceptors (Lipinski definition) is 6. The van der Waals surface area contributed by atoms with Crippen molar-refractivity contribution in [1.82, 2.24) is 9.55 Å². The lowest BCUT2D eigenvalue weighted by molar-refractivity contribution is -0.144. The molecule has 1 fully saturated rings. The molecule has 7 heteroatoms. The molecule has 0 atom stereocenters. The fourth-order valence-electron chi connectivity index (χ4n) is 4.14. The number of carbonyl (C=O) groups is 1. The number of esters is 1. The van der Waals surface area contributed by atoms with Crippen molar-refractivity contribution in [2.45, 2.75) is 51.7 Å². The van der Waals surface area contributed by atoms with Crippen LogP contribution < -0.4 is 11.2 Å². The van der Waals surface area contributed by atoms with Crippen molar-refractivity contribution < 1.29 is 13.9 Å². The van der Waals surface area contributed by atoms with Gasteiger partial charge in [-0.15, -0.1) is 0 Å². The van der Waals surface area contributed by atoms with Crippen molar-refractivity contribution in [2.24, 2.45) is 0 Å². The van der Waals surface area contributed by atoms with Crippen molar-refractivity contribution in [2.75, 3.05) is 0 Å². The molecule has 0 unspecified atom stereocenters. The molecule has 168 valence electrons. The second-order valence-corrected chi connectivity index (χ2v) is 8.39. The summed E-state index contributed by atoms with van der Waals surface area (Å²) in [6.07, 6.45) is 3.12. The Morgan fingerprint density at radius 3 is 2.73 bits per heavy atom. The van der Waals surface area contributed by atoms with Crippen LogP contribution in [0.1, 0.15) is 49.2 Å². The van der Waals surface area contributed by atoms with Crippen LogP contribution in [0.2, 0.25) is 0 Å². The maximum absolute atomic E-state index is 13.0. The van der Waals surface area contributed by atoms with Crippen molar-refractivity contribution in [3.05, 3.63) is 86.3 Å². The molecule has 4 aromatic rings. The maximum atomic E-state index is 13.0. The summed E-state index contributed by atoms with van der Waals surface area (Å²) < 4.78 is 12.5. The van der Waals surface area contributed by atoms with Crippen LogP contribution in [0.4, 0.5) is 0 Å². The van der Waals surface area contributed by atoms with E-state index in [4.69, 9.17) is 9.15 Å². The van der Waals surface area contributed by atoms with Gasteiger partial charge in [-0.2, -0.15) is 0 Å². The highest BCUT2D eigenvalue weighted by Gasteiger charge is 2.28. The average Bonchev–Trinajstić information content (AvgIpc) is 3.65. The van der Waals surface area contributed by atoms with Gasteiger partial charge in [0.2, 0.25) is 0 Å². The zero-order valence-corrected chi connectivity index (χ0v) is 18.4. The Morgan fingerprint density at radius 1 is 1.12 bits per heavy atom. The summed E-state index contributed by atoms with van der Waals surface area (Å²) in [7, 11) is 0. The first-order chi connectivity index (χ1) is 16.0. The zero-order chi connectivity index (χ0) is 22.9. The van der Waals surface area contributed by atoms with Crippen LogP contribution in [0, 0.1) is 0 Å². The Morgan fingerprint density at radius 2 is 1.94 bits per heavy atom. The van der Waals surface area contributed by atoms with Gasteiger partial charge in [-0.25, -0.2) is 9.78 Å². The van der Waals surface area contributed by atoms with Crippen molar-refractivity contribution in [1.29, 1.82) is 0 Å². The fraction of sp³-hybridized carbons (Fsp3) is 0.308. The van der Waals surface area contributed by atoms with Gasteiger partial charge >= 0.3 is 11.6 Å². The number of aryl methyl sites for hydroxylation is 2. The first-order valence-electron chi connectivity index (χ1n) is 11.2. The minimum atomic E-state index is -0.476. The molecular weight excluding hydrogens is 420 g/mol. The predicted octanol–water partition coefficient (Wildman–Crippen LogP) is 4.08. The van der Waals surface area contributed by atoms with E-state index >= 15 is 0 Å². The van der Waals surface area contributed by atoms with Gasteiger partial charge in [-0.3, -0.25) is 14.2 Å². The van der Waals surface area contributed by atoms with E-state index in [2.05, 4.69) is 4.98 Å². The molecule has 0 radical (unpaired) electrons. The second kappa shape index (κ2) is 8.65. The van der Waals surface area contributed by atoms with Gasteiger partial charge in [0.25, 0.3) is 5.56 Å². The first kappa shape index (κ1) is 21.1. The van der Waals surface area contributed by atoms with Crippen LogP contribution >= 0.6 is 0 Å². The first-order valence-corrected chi connectivity index (χ1v) is 11.2. The summed E-state index contributed by atoms with van der Waals surface area (Å²) in [6.45, 7) is 2.00. The molecule has 2 aromatic heterocycles. The normalized spacial score (nSPS) is 13.5. The lowest BCUT2D eigenvalue weighted by Crippen LogP contribution is -2.25. The minimum Gasteiger partial charge on any atom is -0.461 e. The number of aromatic nitrogens is 2. The van der Waals surface area contributed by atoms with Crippen LogP contribution in [-0.2, 0) is 29.0 Å². The maximum Gasteiger partial charge on any atom is 0.336 e. The molecule has 2 heterocycles. The Balaban J connectivity index is 1.32. The van der Waals surface area contributed by atoms with E-state index in [0.29, 0.717) is 34.3 Å². The third-order valence-corrected chi connectivity index (χ3v) is 6.04. The number of hydrogen-bond donors (Lipinski definition) is 0. The topological polar surface area (TPSA) is 91.4 Å². The van der Waals surface area contributed by atoms with E-state index in [0.717, 1.165) is 30.2 Å². The molecule has 0 bridgehead atoms. The van der Waals surface area contributed by atoms with Crippen molar-refractivity contribution in [3.63, 3.8) is 0 Å². The van der Waals surface area contributed by atoms with Gasteiger partial charge in [-0.1, -0.05) is 31.2 Å². The number of ether oxygens (including phenoxy) is 1. The molecule has 1 aliphatic rings. The lowest BCUT2D eigenvalue weighted by atomic mass is 10.1. The molecule has 0 aliphatic heterocycles. The van der Waals surface area contributed by atoms with Gasteiger partial charge in [0, 0.05) is 29.5 Å². The van der Waals surface area contributed by atoms with Crippen LogP contribution in [-0.4, -0.2) is 15.5 Å². The number of benzene rings is 2. The van der Waals surface area contributed by atoms with E-state index in [1.807, 2.05) is 43.3 Å². The predicted molar refractivity (Wildman–Crippen MR) is 124 cm³/mol. The van der Waals surface area contributed by atoms with E-state index < -0.39 is 11.6 Å². The van der Waals surface area contributed by atoms with Crippen molar-refractivity contribution in [3.8, 4) is 0 Å². The molecule has 1 aliphatic carbocycles. The number of nitrogens with zero attached hydrogens (tertiary/aromatic N) is 2. The van der Waals surface area contributed by atoms with Crippen LogP contribution in [0.15, 0.2) is 62.5 Å². The number of para-hydroxylation sites is 1. The summed E-state index contributed by atoms with van der Waals surface area (Å²) in [4.78, 5) is 42.1. The van der Waals surface area contributed by atoms with E-state index in [1.165, 1.54) is 6.07 Å². The van der Waals surface area contributed by atoms with Crippen LogP contribution in [0.3, 0.4) is 0 Å². The van der Waals surface area contributed by atoms with Crippen LogP contribution in [0.5, 0.6) is 0 Å². The number of rotatable bonds is 7. The number of carbonyl (C=O) groups excluding carboxylic acids is 1. The van der Waals surface area contributed by atoms with E-state index in [9.17, 15) is 14.4 Å². The summed E-state index contributed by atoms with van der Waals surface area (Å²) in [5, 5.41) is 1.34. The summed E-state index contributed by atoms with van der Waals surface area (Å²) in [5.41, 5.74) is 2.26. The average molecular weight is 444 g/mol. The van der Waals surface area contributed by atoms with Crippen LogP contribution in [0.25, 0.3) is 21.9 Å². The fourth-order valence-corrected chi connectivity index (χ4v) is 4.14. The molecule has 0 N–H and O–H groups in total. The summed E-state index contributed by atoms with van der Waals surface area (Å²) in [6, 6.07) is 14.5. The highest BCUT2D eigenvalue weighted by atomic mass is 16.5. The molecule has 33 heavy (non-hydrogen) atoms. The highest BCUT2D eigenvalue weighted by Crippen LogP contribution is 2.35. The molecule has 5 rings (SSSR count). The molecular formula is C26H24N2O5. The monoisotopic (exact) mass is 444 g/mol. The van der Waals surface area contributed by atoms with Gasteiger partial charge < -0.3 is 9.15 Å². The van der Waals surface area contributed by atoms with Crippen molar-refractivity contribution >= 4 is 27.8 Å². The third kappa shape index (κ3) is 4.31. The molecule has 0 saturated heterocycles. The van der Waals surface area contributed by atoms with Gasteiger partial charge in [0.05, 0.1) is 17.3 Å². The molecule has 0 spiro atoms. The Bertz CT molecular complexity index is 1480. The Labute approximate surface area is 189 Å². The Hall–Kier alpha value is -3.74. The van der Waals surface area contributed by atoms with Gasteiger partial charge in [0.1, 0.15) is 18.0 Å². The lowest BCUT2D eigenvalue weighted by Gasteiger charge is -2.13. The van der Waals surface area contributed by atoms with Gasteiger partial charge in [0.15, 0.2) is 0 Å². The molecule has 0 amide bonds. The molecule has 2 aromatic carbocycles. The van der Waals surface area contributed by atoms with Gasteiger partial charge in [-0.05, 0) is 43.0 Å². The summed E-state index contributed by atoms with van der Waals surface area (Å²) in [5.74, 6) is 0.197. The summed E-state index contributed by atoms with van der Waals surface area (Å²) >= 11 is 0. The smallest absolute Gasteiger partial charge is 0.336 e. The number of fused-ring (bicyclic) bond motifs is 2. The highest BCUT2D eigenvalue weighted by molar-refractivity contribution is 5.81. The molecule has 1 saturated carbocycles. The minimum absolute atomic E-state index is 0.0208. The largest absolute Gasteiger partial charge is 0.461 e. The molecule has 7 nitrogen and oxygen atoms in total. The van der Waals surface area contributed by atoms with E-state index in [1.54, 1.807) is 10.6 Å². The standard InChI is InChI=1S/C26H24N2O5/c1-2-16-7-10-19-17(14-25(30)33-22(19)13-16)15-32-24(29)12-11-23-27-21-6-4-3-5-20(21)26(31)28(23)18-8-9-18/h3-7,10,13-14,18H,2,8-9,11-12,15H2,1H3.